The average Bonchev–Trinajstić information content (AvgIpc) is 2.42. The van der Waals surface area contributed by atoms with E-state index in [2.05, 4.69) is 5.32 Å². The van der Waals surface area contributed by atoms with Crippen molar-refractivity contribution in [1.29, 1.82) is 0 Å². The molecule has 0 aromatic carbocycles. The number of carbonyl (C=O) groups excluding carboxylic acids is 1. The number of aliphatic hydroxyl groups is 3. The summed E-state index contributed by atoms with van der Waals surface area (Å²) < 4.78 is 5.00. The second-order valence-corrected chi connectivity index (χ2v) is 5.13. The quantitative estimate of drug-likeness (QED) is 0.375. The van der Waals surface area contributed by atoms with Crippen molar-refractivity contribution in [1.82, 2.24) is 5.32 Å². The lowest BCUT2D eigenvalue weighted by atomic mass is 9.86. The van der Waals surface area contributed by atoms with Crippen molar-refractivity contribution >= 4 is 11.8 Å². The highest BCUT2D eigenvalue weighted by Gasteiger charge is 2.39. The van der Waals surface area contributed by atoms with Crippen LogP contribution in [0, 0.1) is 0 Å². The van der Waals surface area contributed by atoms with Crippen LogP contribution in [0.25, 0.3) is 0 Å². The molecule has 0 spiro atoms. The molecule has 1 aliphatic carbocycles. The van der Waals surface area contributed by atoms with Crippen LogP contribution >= 0.6 is 0 Å². The molecule has 0 heterocycles. The first-order valence-electron chi connectivity index (χ1n) is 6.58. The molecule has 8 heteroatoms. The van der Waals surface area contributed by atoms with Gasteiger partial charge in [0.05, 0.1) is 26.0 Å². The van der Waals surface area contributed by atoms with Gasteiger partial charge in [-0.15, -0.1) is 0 Å². The highest BCUT2D eigenvalue weighted by atomic mass is 16.5. The van der Waals surface area contributed by atoms with E-state index in [1.54, 1.807) is 0 Å². The number of hydrogen-bond acceptors (Lipinski definition) is 7. The van der Waals surface area contributed by atoms with E-state index in [1.165, 1.54) is 7.11 Å². The number of aliphatic hydroxyl groups excluding tert-OH is 2. The summed E-state index contributed by atoms with van der Waals surface area (Å²) in [5.74, 6) is -1.43. The van der Waals surface area contributed by atoms with Crippen molar-refractivity contribution in [2.45, 2.75) is 37.3 Å². The summed E-state index contributed by atoms with van der Waals surface area (Å²) in [6.45, 7) is -0.917. The molecule has 0 saturated heterocycles. The minimum atomic E-state index is -1.58. The molecule has 21 heavy (non-hydrogen) atoms. The molecule has 1 rings (SSSR count). The van der Waals surface area contributed by atoms with Gasteiger partial charge in [0, 0.05) is 25.3 Å². The average molecular weight is 303 g/mol. The van der Waals surface area contributed by atoms with Crippen molar-refractivity contribution in [3.8, 4) is 0 Å². The zero-order chi connectivity index (χ0) is 16.0. The van der Waals surface area contributed by atoms with E-state index in [1.807, 2.05) is 0 Å². The summed E-state index contributed by atoms with van der Waals surface area (Å²) in [4.78, 5) is 22.5. The fraction of sp³-hybridized carbons (Fsp3) is 0.692. The topological polar surface area (TPSA) is 136 Å². The standard InChI is InChI=1S/C13H21NO7/c1-21-12-9(4-13(20,7-16)5-10(12)17)14-8(6-15)2-3-11(18)19/h8,14-16,20H,2-7H2,1H3,(H,18,19)/t8-,13-/m0/s1. The van der Waals surface area contributed by atoms with Crippen LogP contribution in [0.5, 0.6) is 0 Å². The minimum Gasteiger partial charge on any atom is -0.491 e. The van der Waals surface area contributed by atoms with Gasteiger partial charge >= 0.3 is 5.97 Å². The molecule has 0 aromatic rings. The number of nitrogens with one attached hydrogen (secondary N) is 1. The number of carboxylic acid groups (broad SMARTS) is 1. The SMILES string of the molecule is COC1=C(N[C@H](CO)CCC(=O)O)C[C@@](O)(CO)CC1=O. The van der Waals surface area contributed by atoms with E-state index >= 15 is 0 Å². The molecule has 0 aliphatic heterocycles. The lowest BCUT2D eigenvalue weighted by molar-refractivity contribution is -0.137. The largest absolute Gasteiger partial charge is 0.491 e. The van der Waals surface area contributed by atoms with Gasteiger partial charge in [-0.05, 0) is 6.42 Å². The van der Waals surface area contributed by atoms with Gasteiger partial charge in [0.15, 0.2) is 5.76 Å². The molecule has 0 fully saturated rings. The summed E-state index contributed by atoms with van der Waals surface area (Å²) in [6.07, 6.45) is -0.289. The lowest BCUT2D eigenvalue weighted by Gasteiger charge is -2.33. The Labute approximate surface area is 122 Å². The van der Waals surface area contributed by atoms with Gasteiger partial charge in [0.2, 0.25) is 5.78 Å². The van der Waals surface area contributed by atoms with E-state index in [4.69, 9.17) is 9.84 Å². The Bertz CT molecular complexity index is 434. The number of carboxylic acids is 1. The lowest BCUT2D eigenvalue weighted by Crippen LogP contribution is -2.45. The zero-order valence-electron chi connectivity index (χ0n) is 11.8. The van der Waals surface area contributed by atoms with Crippen molar-refractivity contribution < 1.29 is 34.8 Å². The summed E-state index contributed by atoms with van der Waals surface area (Å²) >= 11 is 0. The van der Waals surface area contributed by atoms with Crippen LogP contribution < -0.4 is 5.32 Å². The third kappa shape index (κ3) is 4.69. The van der Waals surface area contributed by atoms with Crippen LogP contribution in [-0.2, 0) is 14.3 Å². The van der Waals surface area contributed by atoms with Crippen LogP contribution in [0.15, 0.2) is 11.5 Å². The van der Waals surface area contributed by atoms with E-state index in [9.17, 15) is 24.9 Å². The fourth-order valence-corrected chi connectivity index (χ4v) is 2.24. The summed E-state index contributed by atoms with van der Waals surface area (Å²) in [6, 6.07) is -0.588. The van der Waals surface area contributed by atoms with Gasteiger partial charge in [-0.3, -0.25) is 9.59 Å². The van der Waals surface area contributed by atoms with Gasteiger partial charge in [-0.25, -0.2) is 0 Å². The van der Waals surface area contributed by atoms with Crippen LogP contribution in [0.4, 0.5) is 0 Å². The normalized spacial score (nSPS) is 23.9. The molecule has 120 valence electrons. The Morgan fingerprint density at radius 2 is 2.10 bits per heavy atom. The maximum atomic E-state index is 11.9. The summed E-state index contributed by atoms with van der Waals surface area (Å²) in [5, 5.41) is 40.0. The van der Waals surface area contributed by atoms with Crippen molar-refractivity contribution in [3.63, 3.8) is 0 Å². The fourth-order valence-electron chi connectivity index (χ4n) is 2.24. The number of carbonyl (C=O) groups is 2. The predicted octanol–water partition coefficient (Wildman–Crippen LogP) is -1.25. The Morgan fingerprint density at radius 1 is 1.43 bits per heavy atom. The van der Waals surface area contributed by atoms with Gasteiger partial charge in [0.1, 0.15) is 5.60 Å². The Kier molecular flexibility index (Phi) is 6.13. The maximum Gasteiger partial charge on any atom is 0.303 e. The molecule has 8 nitrogen and oxygen atoms in total. The molecule has 0 unspecified atom stereocenters. The second-order valence-electron chi connectivity index (χ2n) is 5.13. The highest BCUT2D eigenvalue weighted by molar-refractivity contribution is 5.95. The number of Topliss-reactive ketones (excluding diaryl/α,β-unsaturated/α-hetero) is 1. The van der Waals surface area contributed by atoms with Gasteiger partial charge in [-0.2, -0.15) is 0 Å². The molecule has 1 aliphatic rings. The molecule has 0 aromatic heterocycles. The maximum absolute atomic E-state index is 11.9. The van der Waals surface area contributed by atoms with Crippen molar-refractivity contribution in [2.75, 3.05) is 20.3 Å². The summed E-state index contributed by atoms with van der Waals surface area (Å²) in [7, 11) is 1.31. The smallest absolute Gasteiger partial charge is 0.303 e. The number of aliphatic carboxylic acids is 1. The number of ether oxygens (including phenoxy) is 1. The molecular formula is C13H21NO7. The third-order valence-electron chi connectivity index (χ3n) is 3.33. The number of ketones is 1. The Morgan fingerprint density at radius 3 is 2.57 bits per heavy atom. The first-order valence-corrected chi connectivity index (χ1v) is 6.58. The van der Waals surface area contributed by atoms with E-state index < -0.39 is 30.0 Å². The van der Waals surface area contributed by atoms with Gasteiger partial charge in [0.25, 0.3) is 0 Å². The molecule has 0 radical (unpaired) electrons. The molecule has 0 saturated carbocycles. The molecule has 2 atom stereocenters. The minimum absolute atomic E-state index is 0.0295. The second kappa shape index (κ2) is 7.39. The summed E-state index contributed by atoms with van der Waals surface area (Å²) in [5.41, 5.74) is -1.32. The Balaban J connectivity index is 2.88. The van der Waals surface area contributed by atoms with Gasteiger partial charge < -0.3 is 30.5 Å². The zero-order valence-corrected chi connectivity index (χ0v) is 11.8. The highest BCUT2D eigenvalue weighted by Crippen LogP contribution is 2.29. The van der Waals surface area contributed by atoms with E-state index in [-0.39, 0.29) is 43.7 Å². The number of rotatable bonds is 8. The molecule has 0 amide bonds. The molecule has 0 bridgehead atoms. The van der Waals surface area contributed by atoms with Crippen LogP contribution in [0.2, 0.25) is 0 Å². The number of hydrogen-bond donors (Lipinski definition) is 5. The van der Waals surface area contributed by atoms with Crippen LogP contribution in [0.1, 0.15) is 25.7 Å². The van der Waals surface area contributed by atoms with Crippen LogP contribution in [-0.4, -0.2) is 64.1 Å². The van der Waals surface area contributed by atoms with E-state index in [0.29, 0.717) is 0 Å². The third-order valence-corrected chi connectivity index (χ3v) is 3.33. The first kappa shape index (κ1) is 17.4. The van der Waals surface area contributed by atoms with Crippen molar-refractivity contribution in [2.24, 2.45) is 0 Å². The number of allylic oxidation sites excluding steroid dienone is 1. The predicted molar refractivity (Wildman–Crippen MR) is 71.2 cm³/mol. The first-order chi connectivity index (χ1) is 9.85. The Hall–Kier alpha value is -1.64. The van der Waals surface area contributed by atoms with Crippen molar-refractivity contribution in [3.05, 3.63) is 11.5 Å². The van der Waals surface area contributed by atoms with E-state index in [0.717, 1.165) is 0 Å². The molecular weight excluding hydrogens is 282 g/mol. The van der Waals surface area contributed by atoms with Gasteiger partial charge in [-0.1, -0.05) is 0 Å². The monoisotopic (exact) mass is 303 g/mol. The number of methoxy groups -OCH3 is 1. The molecule has 5 N–H and O–H groups in total. The van der Waals surface area contributed by atoms with Crippen LogP contribution in [0.3, 0.4) is 0 Å².